The van der Waals surface area contributed by atoms with Crippen molar-refractivity contribution in [3.63, 3.8) is 0 Å². The normalized spacial score (nSPS) is 16.1. The molecule has 7 nitrogen and oxygen atoms in total. The van der Waals surface area contributed by atoms with E-state index in [4.69, 9.17) is 4.74 Å². The molecule has 0 bridgehead atoms. The number of amides is 1. The Bertz CT molecular complexity index is 870. The monoisotopic (exact) mass is 365 g/mol. The van der Waals surface area contributed by atoms with Gasteiger partial charge in [0, 0.05) is 68.0 Å². The van der Waals surface area contributed by atoms with E-state index in [2.05, 4.69) is 32.0 Å². The number of allylic oxidation sites excluding steroid dienone is 1. The van der Waals surface area contributed by atoms with E-state index < -0.39 is 0 Å². The van der Waals surface area contributed by atoms with Crippen LogP contribution in [-0.4, -0.2) is 58.7 Å². The van der Waals surface area contributed by atoms with E-state index in [-0.39, 0.29) is 6.09 Å². The second-order valence-electron chi connectivity index (χ2n) is 6.73. The van der Waals surface area contributed by atoms with Crippen LogP contribution < -0.4 is 4.90 Å². The summed E-state index contributed by atoms with van der Waals surface area (Å²) in [7, 11) is 0. The Labute approximate surface area is 158 Å². The van der Waals surface area contributed by atoms with Crippen molar-refractivity contribution >= 4 is 23.4 Å². The minimum atomic E-state index is -0.223. The summed E-state index contributed by atoms with van der Waals surface area (Å²) in [5, 5.41) is 0. The summed E-state index contributed by atoms with van der Waals surface area (Å²) >= 11 is 0. The van der Waals surface area contributed by atoms with Gasteiger partial charge in [-0.1, -0.05) is 0 Å². The lowest BCUT2D eigenvalue weighted by atomic mass is 10.1. The summed E-state index contributed by atoms with van der Waals surface area (Å²) in [6.07, 6.45) is 8.38. The molecule has 1 fully saturated rings. The SMILES string of the molecule is CCOC(=O)N1CCN(c2ccnc3c2C=C(c2cnc(C)nc2)C3)CC1. The van der Waals surface area contributed by atoms with Crippen molar-refractivity contribution in [3.05, 3.63) is 47.3 Å². The van der Waals surface area contributed by atoms with Crippen molar-refractivity contribution in [2.75, 3.05) is 37.7 Å². The van der Waals surface area contributed by atoms with Crippen LogP contribution >= 0.6 is 0 Å². The number of anilines is 1. The first-order valence-electron chi connectivity index (χ1n) is 9.30. The van der Waals surface area contributed by atoms with Gasteiger partial charge in [-0.05, 0) is 31.6 Å². The number of nitrogens with zero attached hydrogens (tertiary/aromatic N) is 5. The van der Waals surface area contributed by atoms with E-state index >= 15 is 0 Å². The van der Waals surface area contributed by atoms with Crippen molar-refractivity contribution in [2.24, 2.45) is 0 Å². The number of carbonyl (C=O) groups is 1. The number of rotatable bonds is 3. The number of hydrogen-bond acceptors (Lipinski definition) is 6. The van der Waals surface area contributed by atoms with Crippen LogP contribution in [0.4, 0.5) is 10.5 Å². The molecule has 140 valence electrons. The Morgan fingerprint density at radius 1 is 1.15 bits per heavy atom. The number of carbonyl (C=O) groups excluding carboxylic acids is 1. The maximum atomic E-state index is 11.9. The van der Waals surface area contributed by atoms with Crippen LogP contribution in [0, 0.1) is 6.92 Å². The van der Waals surface area contributed by atoms with Crippen molar-refractivity contribution < 1.29 is 9.53 Å². The predicted molar refractivity (Wildman–Crippen MR) is 103 cm³/mol. The molecule has 2 aliphatic rings. The lowest BCUT2D eigenvalue weighted by Gasteiger charge is -2.36. The van der Waals surface area contributed by atoms with Gasteiger partial charge in [0.05, 0.1) is 12.3 Å². The first-order chi connectivity index (χ1) is 13.2. The minimum absolute atomic E-state index is 0.223. The molecule has 0 aromatic carbocycles. The third-order valence-corrected chi connectivity index (χ3v) is 5.02. The zero-order chi connectivity index (χ0) is 18.8. The van der Waals surface area contributed by atoms with Crippen molar-refractivity contribution in [3.8, 4) is 0 Å². The van der Waals surface area contributed by atoms with Gasteiger partial charge >= 0.3 is 6.09 Å². The second kappa shape index (κ2) is 7.34. The van der Waals surface area contributed by atoms with E-state index in [9.17, 15) is 4.79 Å². The Morgan fingerprint density at radius 2 is 1.89 bits per heavy atom. The molecule has 0 saturated carbocycles. The fourth-order valence-corrected chi connectivity index (χ4v) is 3.57. The number of hydrogen-bond donors (Lipinski definition) is 0. The summed E-state index contributed by atoms with van der Waals surface area (Å²) < 4.78 is 5.10. The van der Waals surface area contributed by atoms with E-state index in [1.54, 1.807) is 4.90 Å². The van der Waals surface area contributed by atoms with Gasteiger partial charge in [-0.25, -0.2) is 14.8 Å². The molecule has 0 spiro atoms. The van der Waals surface area contributed by atoms with E-state index in [1.165, 1.54) is 11.3 Å². The standard InChI is InChI=1S/C20H23N5O2/c1-3-27-20(26)25-8-6-24(7-9-25)19-4-5-21-18-11-15(10-17(18)19)16-12-22-14(2)23-13-16/h4-5,10,12-13H,3,6-9,11H2,1-2H3. The Balaban J connectivity index is 1.53. The molecule has 7 heteroatoms. The van der Waals surface area contributed by atoms with Crippen molar-refractivity contribution in [2.45, 2.75) is 20.3 Å². The maximum absolute atomic E-state index is 11.9. The molecule has 3 heterocycles. The number of piperazine rings is 1. The van der Waals surface area contributed by atoms with Gasteiger partial charge in [-0.15, -0.1) is 0 Å². The average molecular weight is 365 g/mol. The molecule has 0 N–H and O–H groups in total. The highest BCUT2D eigenvalue weighted by atomic mass is 16.6. The van der Waals surface area contributed by atoms with Crippen LogP contribution in [0.2, 0.25) is 0 Å². The van der Waals surface area contributed by atoms with Crippen LogP contribution in [0.5, 0.6) is 0 Å². The van der Waals surface area contributed by atoms with Gasteiger partial charge in [0.25, 0.3) is 0 Å². The molecule has 27 heavy (non-hydrogen) atoms. The Morgan fingerprint density at radius 3 is 2.59 bits per heavy atom. The molecule has 1 aliphatic carbocycles. The molecule has 0 radical (unpaired) electrons. The summed E-state index contributed by atoms with van der Waals surface area (Å²) in [5.41, 5.74) is 5.65. The molecular weight excluding hydrogens is 342 g/mol. The molecular formula is C20H23N5O2. The smallest absolute Gasteiger partial charge is 0.409 e. The number of aryl methyl sites for hydroxylation is 1. The summed E-state index contributed by atoms with van der Waals surface area (Å²) in [6, 6.07) is 2.06. The number of ether oxygens (including phenoxy) is 1. The van der Waals surface area contributed by atoms with Crippen LogP contribution in [0.1, 0.15) is 29.6 Å². The van der Waals surface area contributed by atoms with Crippen LogP contribution in [0.25, 0.3) is 11.6 Å². The van der Waals surface area contributed by atoms with Crippen LogP contribution in [0.15, 0.2) is 24.7 Å². The zero-order valence-electron chi connectivity index (χ0n) is 15.7. The second-order valence-corrected chi connectivity index (χ2v) is 6.73. The van der Waals surface area contributed by atoms with E-state index in [0.29, 0.717) is 19.7 Å². The van der Waals surface area contributed by atoms with Crippen LogP contribution in [-0.2, 0) is 11.2 Å². The fraction of sp³-hybridized carbons (Fsp3) is 0.400. The molecule has 4 rings (SSSR count). The lowest BCUT2D eigenvalue weighted by Crippen LogP contribution is -2.49. The quantitative estimate of drug-likeness (QED) is 0.832. The van der Waals surface area contributed by atoms with Gasteiger partial charge in [-0.2, -0.15) is 0 Å². The molecule has 0 atom stereocenters. The predicted octanol–water partition coefficient (Wildman–Crippen LogP) is 2.56. The third kappa shape index (κ3) is 3.49. The molecule has 1 aliphatic heterocycles. The van der Waals surface area contributed by atoms with Crippen molar-refractivity contribution in [1.29, 1.82) is 0 Å². The summed E-state index contributed by atoms with van der Waals surface area (Å²) in [4.78, 5) is 29.2. The fourth-order valence-electron chi connectivity index (χ4n) is 3.57. The Kier molecular flexibility index (Phi) is 4.75. The van der Waals surface area contributed by atoms with Gasteiger partial charge in [0.2, 0.25) is 0 Å². The highest BCUT2D eigenvalue weighted by Crippen LogP contribution is 2.36. The van der Waals surface area contributed by atoms with Crippen LogP contribution in [0.3, 0.4) is 0 Å². The van der Waals surface area contributed by atoms with Gasteiger partial charge in [0.1, 0.15) is 5.82 Å². The number of aromatic nitrogens is 3. The van der Waals surface area contributed by atoms with Gasteiger partial charge in [0.15, 0.2) is 0 Å². The maximum Gasteiger partial charge on any atom is 0.409 e. The van der Waals surface area contributed by atoms with Gasteiger partial charge < -0.3 is 14.5 Å². The third-order valence-electron chi connectivity index (χ3n) is 5.02. The molecule has 2 aromatic heterocycles. The topological polar surface area (TPSA) is 71.5 Å². The van der Waals surface area contributed by atoms with E-state index in [0.717, 1.165) is 42.2 Å². The highest BCUT2D eigenvalue weighted by Gasteiger charge is 2.26. The Hall–Kier alpha value is -2.96. The largest absolute Gasteiger partial charge is 0.450 e. The average Bonchev–Trinajstić information content (AvgIpc) is 3.13. The minimum Gasteiger partial charge on any atom is -0.450 e. The number of fused-ring (bicyclic) bond motifs is 1. The first-order valence-corrected chi connectivity index (χ1v) is 9.30. The lowest BCUT2D eigenvalue weighted by molar-refractivity contribution is 0.105. The molecule has 1 amide bonds. The number of pyridine rings is 1. The summed E-state index contributed by atoms with van der Waals surface area (Å²) in [6.45, 7) is 7.02. The zero-order valence-corrected chi connectivity index (χ0v) is 15.7. The van der Waals surface area contributed by atoms with Gasteiger partial charge in [-0.3, -0.25) is 4.98 Å². The molecule has 2 aromatic rings. The molecule has 0 unspecified atom stereocenters. The first kappa shape index (κ1) is 17.5. The highest BCUT2D eigenvalue weighted by molar-refractivity contribution is 5.91. The molecule has 1 saturated heterocycles. The van der Waals surface area contributed by atoms with Crippen molar-refractivity contribution in [1.82, 2.24) is 19.9 Å². The summed E-state index contributed by atoms with van der Waals surface area (Å²) in [5.74, 6) is 0.771. The van der Waals surface area contributed by atoms with E-state index in [1.807, 2.05) is 32.4 Å².